The van der Waals surface area contributed by atoms with E-state index < -0.39 is 10.0 Å². The number of hydrogen-bond acceptors (Lipinski definition) is 4. The van der Waals surface area contributed by atoms with Crippen LogP contribution in [-0.4, -0.2) is 33.5 Å². The van der Waals surface area contributed by atoms with Gasteiger partial charge in [0.05, 0.1) is 20.3 Å². The summed E-state index contributed by atoms with van der Waals surface area (Å²) in [6.45, 7) is 0.443. The van der Waals surface area contributed by atoms with E-state index in [2.05, 4.69) is 0 Å². The first kappa shape index (κ1) is 20.0. The van der Waals surface area contributed by atoms with Gasteiger partial charge < -0.3 is 9.47 Å². The number of ether oxygens (including phenoxy) is 2. The first-order chi connectivity index (χ1) is 13.0. The van der Waals surface area contributed by atoms with E-state index in [1.165, 1.54) is 20.3 Å². The summed E-state index contributed by atoms with van der Waals surface area (Å²) in [5.74, 6) is 0.774. The quantitative estimate of drug-likeness (QED) is 0.720. The highest BCUT2D eigenvalue weighted by atomic mass is 35.5. The second kappa shape index (κ2) is 8.50. The Bertz CT molecular complexity index is 901. The second-order valence-electron chi connectivity index (χ2n) is 6.52. The van der Waals surface area contributed by atoms with Crippen LogP contribution in [0, 0.1) is 0 Å². The van der Waals surface area contributed by atoms with Crippen LogP contribution < -0.4 is 9.47 Å². The number of sulfonamides is 1. The molecule has 1 saturated heterocycles. The Hall–Kier alpha value is -1.76. The molecular weight excluding hydrogens is 386 g/mol. The molecule has 2 aromatic rings. The molecule has 0 aliphatic carbocycles. The Morgan fingerprint density at radius 1 is 1.04 bits per heavy atom. The van der Waals surface area contributed by atoms with Crippen LogP contribution >= 0.6 is 11.6 Å². The van der Waals surface area contributed by atoms with Gasteiger partial charge in [-0.05, 0) is 36.6 Å². The lowest BCUT2D eigenvalue weighted by molar-refractivity contribution is 0.325. The molecule has 1 aliphatic rings. The highest BCUT2D eigenvalue weighted by molar-refractivity contribution is 7.89. The van der Waals surface area contributed by atoms with Crippen molar-refractivity contribution in [1.29, 1.82) is 0 Å². The van der Waals surface area contributed by atoms with Crippen LogP contribution in [0.1, 0.15) is 37.3 Å². The summed E-state index contributed by atoms with van der Waals surface area (Å²) >= 11 is 6.41. The maximum Gasteiger partial charge on any atom is 0.247 e. The largest absolute Gasteiger partial charge is 0.497 e. The van der Waals surface area contributed by atoms with Gasteiger partial charge in [0.1, 0.15) is 16.4 Å². The fraction of sp³-hybridized carbons (Fsp3) is 0.400. The predicted octanol–water partition coefficient (Wildman–Crippen LogP) is 4.66. The van der Waals surface area contributed by atoms with Crippen LogP contribution in [0.4, 0.5) is 0 Å². The highest BCUT2D eigenvalue weighted by Crippen LogP contribution is 2.40. The fourth-order valence-corrected chi connectivity index (χ4v) is 5.65. The van der Waals surface area contributed by atoms with Gasteiger partial charge in [0.15, 0.2) is 0 Å². The van der Waals surface area contributed by atoms with Crippen molar-refractivity contribution in [3.63, 3.8) is 0 Å². The highest BCUT2D eigenvalue weighted by Gasteiger charge is 2.36. The first-order valence-electron chi connectivity index (χ1n) is 8.97. The molecule has 0 aromatic heterocycles. The summed E-state index contributed by atoms with van der Waals surface area (Å²) in [6, 6.07) is 12.0. The van der Waals surface area contributed by atoms with Crippen LogP contribution in [0.5, 0.6) is 11.5 Å². The molecule has 146 valence electrons. The fourth-order valence-electron chi connectivity index (χ4n) is 3.54. The molecule has 0 amide bonds. The third-order valence-corrected chi connectivity index (χ3v) is 7.20. The van der Waals surface area contributed by atoms with Gasteiger partial charge in [-0.2, -0.15) is 4.31 Å². The van der Waals surface area contributed by atoms with Gasteiger partial charge in [-0.3, -0.25) is 0 Å². The maximum atomic E-state index is 13.6. The van der Waals surface area contributed by atoms with Crippen molar-refractivity contribution in [3.05, 3.63) is 53.1 Å². The smallest absolute Gasteiger partial charge is 0.247 e. The molecule has 0 saturated carbocycles. The Labute approximate surface area is 165 Å². The average Bonchev–Trinajstić information content (AvgIpc) is 2.94. The number of nitrogens with zero attached hydrogens (tertiary/aromatic N) is 1. The molecule has 0 bridgehead atoms. The topological polar surface area (TPSA) is 55.8 Å². The maximum absolute atomic E-state index is 13.6. The molecule has 3 rings (SSSR count). The Kier molecular flexibility index (Phi) is 6.29. The van der Waals surface area contributed by atoms with E-state index in [0.29, 0.717) is 23.1 Å². The third kappa shape index (κ3) is 4.08. The van der Waals surface area contributed by atoms with E-state index in [9.17, 15) is 8.42 Å². The molecule has 0 radical (unpaired) electrons. The molecule has 2 aromatic carbocycles. The first-order valence-corrected chi connectivity index (χ1v) is 10.8. The van der Waals surface area contributed by atoms with E-state index in [0.717, 1.165) is 31.2 Å². The van der Waals surface area contributed by atoms with Crippen molar-refractivity contribution in [3.8, 4) is 11.5 Å². The second-order valence-corrected chi connectivity index (χ2v) is 8.79. The molecular formula is C20H24ClNO4S. The standard InChI is InChI=1S/C20H24ClNO4S/c1-25-15-11-12-19(26-2)20(14-15)27(23,24)22-13-7-3-4-10-18(22)16-8-5-6-9-17(16)21/h5-6,8-9,11-12,14,18H,3-4,7,10,13H2,1-2H3/t18-/m1/s1. The zero-order valence-electron chi connectivity index (χ0n) is 15.5. The zero-order chi connectivity index (χ0) is 19.4. The Balaban J connectivity index is 2.11. The van der Waals surface area contributed by atoms with Gasteiger partial charge >= 0.3 is 0 Å². The molecule has 1 atom stereocenters. The van der Waals surface area contributed by atoms with E-state index >= 15 is 0 Å². The van der Waals surface area contributed by atoms with Crippen molar-refractivity contribution in [1.82, 2.24) is 4.31 Å². The average molecular weight is 410 g/mol. The lowest BCUT2D eigenvalue weighted by Crippen LogP contribution is -2.35. The van der Waals surface area contributed by atoms with Crippen molar-refractivity contribution in [2.24, 2.45) is 0 Å². The van der Waals surface area contributed by atoms with E-state index in [1.807, 2.05) is 18.2 Å². The van der Waals surface area contributed by atoms with Crippen LogP contribution in [0.25, 0.3) is 0 Å². The molecule has 1 heterocycles. The van der Waals surface area contributed by atoms with Gasteiger partial charge in [-0.1, -0.05) is 42.6 Å². The lowest BCUT2D eigenvalue weighted by Gasteiger charge is -2.30. The van der Waals surface area contributed by atoms with Crippen molar-refractivity contribution < 1.29 is 17.9 Å². The summed E-state index contributed by atoms with van der Waals surface area (Å²) in [6.07, 6.45) is 3.49. The number of hydrogen-bond donors (Lipinski definition) is 0. The monoisotopic (exact) mass is 409 g/mol. The molecule has 27 heavy (non-hydrogen) atoms. The van der Waals surface area contributed by atoms with Gasteiger partial charge in [0.2, 0.25) is 10.0 Å². The van der Waals surface area contributed by atoms with Crippen LogP contribution in [0.15, 0.2) is 47.4 Å². The summed E-state index contributed by atoms with van der Waals surface area (Å²) in [5.41, 5.74) is 0.839. The Morgan fingerprint density at radius 3 is 2.52 bits per heavy atom. The van der Waals surface area contributed by atoms with Gasteiger partial charge in [0, 0.05) is 17.6 Å². The number of halogens is 1. The van der Waals surface area contributed by atoms with Crippen molar-refractivity contribution in [2.45, 2.75) is 36.6 Å². The normalized spacial score (nSPS) is 18.7. The lowest BCUT2D eigenvalue weighted by atomic mass is 10.0. The van der Waals surface area contributed by atoms with Crippen molar-refractivity contribution >= 4 is 21.6 Å². The molecule has 5 nitrogen and oxygen atoms in total. The number of benzene rings is 2. The van der Waals surface area contributed by atoms with Crippen LogP contribution in [0.2, 0.25) is 5.02 Å². The van der Waals surface area contributed by atoms with Crippen LogP contribution in [-0.2, 0) is 10.0 Å². The SMILES string of the molecule is COc1ccc(OC)c(S(=O)(=O)N2CCCCC[C@@H]2c2ccccc2Cl)c1. The third-order valence-electron chi connectivity index (χ3n) is 4.93. The van der Waals surface area contributed by atoms with E-state index in [4.69, 9.17) is 21.1 Å². The summed E-state index contributed by atoms with van der Waals surface area (Å²) in [7, 11) is -0.827. The minimum Gasteiger partial charge on any atom is -0.497 e. The van der Waals surface area contributed by atoms with E-state index in [-0.39, 0.29) is 10.9 Å². The van der Waals surface area contributed by atoms with Gasteiger partial charge in [-0.15, -0.1) is 0 Å². The van der Waals surface area contributed by atoms with E-state index in [1.54, 1.807) is 22.5 Å². The van der Waals surface area contributed by atoms with Crippen molar-refractivity contribution in [2.75, 3.05) is 20.8 Å². The summed E-state index contributed by atoms with van der Waals surface area (Å²) in [5, 5.41) is 0.585. The Morgan fingerprint density at radius 2 is 1.81 bits per heavy atom. The molecule has 7 heteroatoms. The van der Waals surface area contributed by atoms with Gasteiger partial charge in [-0.25, -0.2) is 8.42 Å². The number of methoxy groups -OCH3 is 2. The minimum absolute atomic E-state index is 0.114. The summed E-state index contributed by atoms with van der Waals surface area (Å²) < 4.78 is 39.4. The predicted molar refractivity (Wildman–Crippen MR) is 106 cm³/mol. The minimum atomic E-state index is -3.81. The van der Waals surface area contributed by atoms with Gasteiger partial charge in [0.25, 0.3) is 0 Å². The molecule has 1 fully saturated rings. The summed E-state index contributed by atoms with van der Waals surface area (Å²) in [4.78, 5) is 0.114. The molecule has 1 aliphatic heterocycles. The molecule has 0 N–H and O–H groups in total. The molecule has 0 unspecified atom stereocenters. The number of rotatable bonds is 5. The van der Waals surface area contributed by atoms with Crippen LogP contribution in [0.3, 0.4) is 0 Å². The molecule has 0 spiro atoms. The zero-order valence-corrected chi connectivity index (χ0v) is 17.1.